The van der Waals surface area contributed by atoms with Crippen molar-refractivity contribution in [3.05, 3.63) is 130 Å². The predicted octanol–water partition coefficient (Wildman–Crippen LogP) is 4.03. The van der Waals surface area contributed by atoms with Crippen LogP contribution in [-0.4, -0.2) is 73.6 Å². The summed E-state index contributed by atoms with van der Waals surface area (Å²) in [5.74, 6) is -2.75. The third-order valence-electron chi connectivity index (χ3n) is 8.31. The first-order valence-corrected chi connectivity index (χ1v) is 18.2. The van der Waals surface area contributed by atoms with E-state index >= 15 is 0 Å². The van der Waals surface area contributed by atoms with Crippen molar-refractivity contribution < 1.29 is 27.9 Å². The standard InChI is InChI=1S/C36H37Cl2N5O6S/c37-27-13-9-25(10-14-27)35(26-11-15-28(38)16-12-26)42-22-30(23-42)43(29-7-4-8-31(44)20-29)50(48,49)18-17-40-33(45)21-34(46)41-32(36(39)47)19-24-5-2-1-3-6-24/h1-16,20,30,32,35,44H,17-19,21-23H2,(H2,39,47)(H,40,45)(H,41,46). The highest BCUT2D eigenvalue weighted by atomic mass is 35.5. The van der Waals surface area contributed by atoms with Crippen LogP contribution in [0.3, 0.4) is 0 Å². The SMILES string of the molecule is NC(=O)C(Cc1ccccc1)NC(=O)CC(=O)NCCS(=O)(=O)N(c1cccc(O)c1)C1CN(C(c2ccc(Cl)cc2)c2ccc(Cl)cc2)C1. The lowest BCUT2D eigenvalue weighted by Crippen LogP contribution is -2.62. The highest BCUT2D eigenvalue weighted by molar-refractivity contribution is 7.92. The Balaban J connectivity index is 1.24. The van der Waals surface area contributed by atoms with Crippen molar-refractivity contribution in [1.82, 2.24) is 15.5 Å². The number of carbonyl (C=O) groups excluding carboxylic acids is 3. The van der Waals surface area contributed by atoms with E-state index in [1.54, 1.807) is 60.7 Å². The number of nitrogens with two attached hydrogens (primary N) is 1. The molecular formula is C36H37Cl2N5O6S. The van der Waals surface area contributed by atoms with Crippen LogP contribution in [0.2, 0.25) is 10.0 Å². The van der Waals surface area contributed by atoms with E-state index in [1.807, 2.05) is 30.3 Å². The lowest BCUT2D eigenvalue weighted by atomic mass is 9.93. The first-order chi connectivity index (χ1) is 23.9. The van der Waals surface area contributed by atoms with Gasteiger partial charge < -0.3 is 21.5 Å². The molecule has 11 nitrogen and oxygen atoms in total. The molecule has 5 N–H and O–H groups in total. The molecule has 0 spiro atoms. The number of phenolic OH excluding ortho intramolecular Hbond substituents is 1. The van der Waals surface area contributed by atoms with Gasteiger partial charge in [-0.15, -0.1) is 0 Å². The van der Waals surface area contributed by atoms with Crippen molar-refractivity contribution in [2.45, 2.75) is 31.0 Å². The summed E-state index contributed by atoms with van der Waals surface area (Å²) in [5.41, 5.74) is 8.46. The van der Waals surface area contributed by atoms with Gasteiger partial charge in [-0.2, -0.15) is 0 Å². The van der Waals surface area contributed by atoms with E-state index in [9.17, 15) is 27.9 Å². The molecule has 1 aliphatic heterocycles. The van der Waals surface area contributed by atoms with E-state index in [4.69, 9.17) is 28.9 Å². The van der Waals surface area contributed by atoms with Crippen molar-refractivity contribution in [2.75, 3.05) is 29.7 Å². The minimum atomic E-state index is -4.05. The molecule has 1 unspecified atom stereocenters. The van der Waals surface area contributed by atoms with Gasteiger partial charge >= 0.3 is 0 Å². The van der Waals surface area contributed by atoms with E-state index in [0.29, 0.717) is 23.1 Å². The lowest BCUT2D eigenvalue weighted by Gasteiger charge is -2.49. The molecule has 0 radical (unpaired) electrons. The average molecular weight is 739 g/mol. The number of nitrogens with zero attached hydrogens (tertiary/aromatic N) is 2. The minimum Gasteiger partial charge on any atom is -0.508 e. The number of primary amides is 1. The summed E-state index contributed by atoms with van der Waals surface area (Å²) in [6.45, 7) is 0.449. The van der Waals surface area contributed by atoms with Gasteiger partial charge in [-0.25, -0.2) is 8.42 Å². The number of halogens is 2. The van der Waals surface area contributed by atoms with Crippen molar-refractivity contribution in [3.63, 3.8) is 0 Å². The fourth-order valence-corrected chi connectivity index (χ4v) is 7.75. The maximum Gasteiger partial charge on any atom is 0.240 e. The first kappa shape index (κ1) is 36.7. The van der Waals surface area contributed by atoms with Crippen LogP contribution in [0.1, 0.15) is 29.2 Å². The molecule has 1 heterocycles. The molecule has 0 aromatic heterocycles. The minimum absolute atomic E-state index is 0.0973. The molecule has 5 rings (SSSR count). The maximum absolute atomic E-state index is 13.9. The summed E-state index contributed by atoms with van der Waals surface area (Å²) in [7, 11) is -4.05. The van der Waals surface area contributed by atoms with Crippen LogP contribution in [0.4, 0.5) is 5.69 Å². The number of carbonyl (C=O) groups is 3. The second-order valence-corrected chi connectivity index (χ2v) is 14.8. The summed E-state index contributed by atoms with van der Waals surface area (Å²) in [6.07, 6.45) is -0.464. The fourth-order valence-electron chi connectivity index (χ4n) is 5.92. The van der Waals surface area contributed by atoms with Gasteiger partial charge in [0, 0.05) is 42.2 Å². The van der Waals surface area contributed by atoms with Crippen molar-refractivity contribution in [1.29, 1.82) is 0 Å². The van der Waals surface area contributed by atoms with Crippen LogP contribution < -0.4 is 20.7 Å². The molecule has 1 saturated heterocycles. The highest BCUT2D eigenvalue weighted by Crippen LogP contribution is 2.37. The highest BCUT2D eigenvalue weighted by Gasteiger charge is 2.42. The molecule has 1 atom stereocenters. The van der Waals surface area contributed by atoms with E-state index in [2.05, 4.69) is 15.5 Å². The summed E-state index contributed by atoms with van der Waals surface area (Å²) in [5, 5.41) is 16.4. The molecule has 0 saturated carbocycles. The molecule has 0 bridgehead atoms. The molecule has 1 fully saturated rings. The second-order valence-electron chi connectivity index (χ2n) is 12.0. The van der Waals surface area contributed by atoms with E-state index < -0.39 is 52.0 Å². The number of phenols is 1. The monoisotopic (exact) mass is 737 g/mol. The smallest absolute Gasteiger partial charge is 0.240 e. The van der Waals surface area contributed by atoms with Crippen molar-refractivity contribution in [3.8, 4) is 5.75 Å². The molecule has 4 aromatic carbocycles. The Morgan fingerprint density at radius 3 is 2.02 bits per heavy atom. The fraction of sp³-hybridized carbons (Fsp3) is 0.250. The predicted molar refractivity (Wildman–Crippen MR) is 193 cm³/mol. The van der Waals surface area contributed by atoms with Gasteiger partial charge in [0.2, 0.25) is 27.7 Å². The van der Waals surface area contributed by atoms with E-state index in [0.717, 1.165) is 16.7 Å². The van der Waals surface area contributed by atoms with E-state index in [1.165, 1.54) is 16.4 Å². The summed E-state index contributed by atoms with van der Waals surface area (Å²) >= 11 is 12.3. The first-order valence-electron chi connectivity index (χ1n) is 15.8. The summed E-state index contributed by atoms with van der Waals surface area (Å²) in [6, 6.07) is 28.2. The maximum atomic E-state index is 13.9. The van der Waals surface area contributed by atoms with Gasteiger partial charge in [0.05, 0.1) is 23.5 Å². The number of benzene rings is 4. The van der Waals surface area contributed by atoms with Gasteiger partial charge in [-0.05, 0) is 53.1 Å². The Hall–Kier alpha value is -4.62. The average Bonchev–Trinajstić information content (AvgIpc) is 3.05. The number of likely N-dealkylation sites (tertiary alicyclic amines) is 1. The second kappa shape index (κ2) is 16.4. The number of sulfonamides is 1. The molecular weight excluding hydrogens is 701 g/mol. The Kier molecular flexibility index (Phi) is 12.0. The Bertz CT molecular complexity index is 1860. The molecule has 14 heteroatoms. The number of nitrogens with one attached hydrogen (secondary N) is 2. The van der Waals surface area contributed by atoms with Gasteiger partial charge in [0.15, 0.2) is 0 Å². The normalized spacial score (nSPS) is 14.1. The van der Waals surface area contributed by atoms with E-state index in [-0.39, 0.29) is 30.4 Å². The number of aromatic hydroxyl groups is 1. The van der Waals surface area contributed by atoms with Crippen LogP contribution in [0.25, 0.3) is 0 Å². The zero-order chi connectivity index (χ0) is 35.8. The molecule has 262 valence electrons. The Morgan fingerprint density at radius 1 is 0.860 bits per heavy atom. The number of anilines is 1. The van der Waals surface area contributed by atoms with Crippen molar-refractivity contribution in [2.24, 2.45) is 5.73 Å². The summed E-state index contributed by atoms with van der Waals surface area (Å²) < 4.78 is 29.0. The van der Waals surface area contributed by atoms with Crippen LogP contribution in [0.5, 0.6) is 5.75 Å². The number of rotatable bonds is 15. The largest absolute Gasteiger partial charge is 0.508 e. The Labute approximate surface area is 301 Å². The summed E-state index contributed by atoms with van der Waals surface area (Å²) in [4.78, 5) is 39.2. The lowest BCUT2D eigenvalue weighted by molar-refractivity contribution is -0.132. The van der Waals surface area contributed by atoms with Gasteiger partial charge in [-0.3, -0.25) is 23.6 Å². The van der Waals surface area contributed by atoms with Gasteiger partial charge in [0.25, 0.3) is 0 Å². The number of hydrogen-bond acceptors (Lipinski definition) is 7. The Morgan fingerprint density at radius 2 is 1.46 bits per heavy atom. The third-order valence-corrected chi connectivity index (χ3v) is 10.6. The van der Waals surface area contributed by atoms with Gasteiger partial charge in [0.1, 0.15) is 18.2 Å². The topological polar surface area (TPSA) is 162 Å². The number of hydrogen-bond donors (Lipinski definition) is 4. The van der Waals surface area contributed by atoms with Crippen molar-refractivity contribution >= 4 is 56.6 Å². The molecule has 3 amide bonds. The molecule has 0 aliphatic carbocycles. The van der Waals surface area contributed by atoms with Crippen LogP contribution in [0, 0.1) is 0 Å². The number of amides is 3. The molecule has 50 heavy (non-hydrogen) atoms. The van der Waals surface area contributed by atoms with Crippen LogP contribution in [-0.2, 0) is 30.8 Å². The molecule has 1 aliphatic rings. The quantitative estimate of drug-likeness (QED) is 0.134. The third kappa shape index (κ3) is 9.54. The molecule has 4 aromatic rings. The van der Waals surface area contributed by atoms with Crippen LogP contribution >= 0.6 is 23.2 Å². The van der Waals surface area contributed by atoms with Gasteiger partial charge in [-0.1, -0.05) is 83.9 Å². The zero-order valence-corrected chi connectivity index (χ0v) is 29.2. The zero-order valence-electron chi connectivity index (χ0n) is 26.9. The van der Waals surface area contributed by atoms with Crippen LogP contribution in [0.15, 0.2) is 103 Å².